The van der Waals surface area contributed by atoms with E-state index >= 15 is 0 Å². The maximum atomic E-state index is 12.6. The number of rotatable bonds is 24. The Morgan fingerprint density at radius 3 is 1.09 bits per heavy atom. The van der Waals surface area contributed by atoms with E-state index in [1.54, 1.807) is 0 Å². The van der Waals surface area contributed by atoms with Crippen LogP contribution in [0.1, 0.15) is 184 Å². The Hall–Kier alpha value is -3.68. The van der Waals surface area contributed by atoms with Crippen molar-refractivity contribution in [2.75, 3.05) is 0 Å². The molecule has 0 unspecified atom stereocenters. The van der Waals surface area contributed by atoms with Gasteiger partial charge in [0.15, 0.2) is 11.6 Å². The minimum Gasteiger partial charge on any atom is -0.507 e. The lowest BCUT2D eigenvalue weighted by Gasteiger charge is -2.11. The second kappa shape index (κ2) is 22.8. The molecule has 2 aromatic carbocycles. The second-order valence-electron chi connectivity index (χ2n) is 12.4. The van der Waals surface area contributed by atoms with E-state index in [-0.39, 0.29) is 34.2 Å². The highest BCUT2D eigenvalue weighted by Gasteiger charge is 2.18. The molecule has 0 aromatic heterocycles. The second-order valence-corrected chi connectivity index (χ2v) is 12.4. The van der Waals surface area contributed by atoms with Crippen LogP contribution < -0.4 is 10.9 Å². The van der Waals surface area contributed by atoms with Gasteiger partial charge >= 0.3 is 0 Å². The van der Waals surface area contributed by atoms with Gasteiger partial charge in [-0.25, -0.2) is 0 Å². The van der Waals surface area contributed by atoms with Crippen LogP contribution in [0, 0.1) is 0 Å². The molecule has 2 aromatic rings. The van der Waals surface area contributed by atoms with Gasteiger partial charge in [0.1, 0.15) is 11.5 Å². The molecule has 0 saturated carbocycles. The number of nitrogens with one attached hydrogen (secondary N) is 2. The highest BCUT2D eigenvalue weighted by Crippen LogP contribution is 2.23. The molecular formula is C38H56N2O6. The summed E-state index contributed by atoms with van der Waals surface area (Å²) in [5.41, 5.74) is 4.87. The van der Waals surface area contributed by atoms with Crippen LogP contribution in [-0.2, 0) is 0 Å². The molecule has 8 nitrogen and oxygen atoms in total. The average molecular weight is 637 g/mol. The van der Waals surface area contributed by atoms with Gasteiger partial charge in [0.05, 0.1) is 11.1 Å². The van der Waals surface area contributed by atoms with Crippen LogP contribution in [0.4, 0.5) is 0 Å². The van der Waals surface area contributed by atoms with Gasteiger partial charge < -0.3 is 10.2 Å². The Morgan fingerprint density at radius 2 is 0.783 bits per heavy atom. The van der Waals surface area contributed by atoms with Gasteiger partial charge in [-0.1, -0.05) is 129 Å². The summed E-state index contributed by atoms with van der Waals surface area (Å²) >= 11 is 0. The first kappa shape index (κ1) is 38.5. The highest BCUT2D eigenvalue weighted by atomic mass is 16.3. The molecule has 0 bridgehead atoms. The van der Waals surface area contributed by atoms with Gasteiger partial charge in [-0.15, -0.1) is 0 Å². The molecule has 0 aliphatic heterocycles. The van der Waals surface area contributed by atoms with Crippen LogP contribution in [0.5, 0.6) is 11.5 Å². The van der Waals surface area contributed by atoms with Gasteiger partial charge in [0.25, 0.3) is 11.8 Å². The number of phenols is 2. The summed E-state index contributed by atoms with van der Waals surface area (Å²) < 4.78 is 0. The Labute approximate surface area is 275 Å². The molecule has 0 saturated heterocycles. The summed E-state index contributed by atoms with van der Waals surface area (Å²) in [5, 5.41) is 20.8. The molecule has 0 atom stereocenters. The molecule has 4 N–H and O–H groups in total. The molecule has 0 radical (unpaired) electrons. The molecule has 46 heavy (non-hydrogen) atoms. The molecule has 2 amide bonds. The van der Waals surface area contributed by atoms with Gasteiger partial charge in [-0.05, 0) is 37.1 Å². The number of aromatic hydroxyl groups is 2. The monoisotopic (exact) mass is 636 g/mol. The molecule has 8 heteroatoms. The maximum Gasteiger partial charge on any atom is 0.273 e. The van der Waals surface area contributed by atoms with Gasteiger partial charge in [0, 0.05) is 24.0 Å². The van der Waals surface area contributed by atoms with Crippen LogP contribution >= 0.6 is 0 Å². The molecular weight excluding hydrogens is 580 g/mol. The Kier molecular flexibility index (Phi) is 19.1. The molecule has 2 rings (SSSR count). The minimum absolute atomic E-state index is 0.0934. The van der Waals surface area contributed by atoms with E-state index < -0.39 is 11.8 Å². The Balaban J connectivity index is 1.74. The molecule has 0 heterocycles. The van der Waals surface area contributed by atoms with Gasteiger partial charge in [-0.2, -0.15) is 0 Å². The predicted molar refractivity (Wildman–Crippen MR) is 183 cm³/mol. The lowest BCUT2D eigenvalue weighted by atomic mass is 10.0. The van der Waals surface area contributed by atoms with Crippen LogP contribution in [0.2, 0.25) is 0 Å². The van der Waals surface area contributed by atoms with Gasteiger partial charge in [0.2, 0.25) is 0 Å². The van der Waals surface area contributed by atoms with E-state index in [0.717, 1.165) is 38.5 Å². The third kappa shape index (κ3) is 14.6. The number of Topliss-reactive ketones (excluding diaryl/α,β-unsaturated/α-hetero) is 2. The lowest BCUT2D eigenvalue weighted by Crippen LogP contribution is -2.41. The van der Waals surface area contributed by atoms with E-state index in [2.05, 4.69) is 24.7 Å². The van der Waals surface area contributed by atoms with Crippen molar-refractivity contribution in [2.24, 2.45) is 0 Å². The van der Waals surface area contributed by atoms with Crippen molar-refractivity contribution in [3.63, 3.8) is 0 Å². The first-order chi connectivity index (χ1) is 22.3. The number of unbranched alkanes of at least 4 members (excludes halogenated alkanes) is 16. The number of carbonyl (C=O) groups is 4. The van der Waals surface area contributed by atoms with Crippen molar-refractivity contribution in [1.29, 1.82) is 0 Å². The van der Waals surface area contributed by atoms with Crippen LogP contribution in [0.3, 0.4) is 0 Å². The number of carbonyl (C=O) groups excluding carboxylic acids is 4. The van der Waals surface area contributed by atoms with Crippen molar-refractivity contribution < 1.29 is 29.4 Å². The van der Waals surface area contributed by atoms with E-state index in [1.807, 2.05) is 0 Å². The summed E-state index contributed by atoms with van der Waals surface area (Å²) in [6.45, 7) is 4.41. The Bertz CT molecular complexity index is 1150. The smallest absolute Gasteiger partial charge is 0.273 e. The van der Waals surface area contributed by atoms with Crippen molar-refractivity contribution in [3.8, 4) is 11.5 Å². The fraction of sp³-hybridized carbons (Fsp3) is 0.579. The zero-order valence-electron chi connectivity index (χ0n) is 28.1. The number of amides is 2. The fourth-order valence-electron chi connectivity index (χ4n) is 5.52. The zero-order chi connectivity index (χ0) is 33.6. The first-order valence-corrected chi connectivity index (χ1v) is 17.6. The normalized spacial score (nSPS) is 10.9. The molecule has 0 spiro atoms. The largest absolute Gasteiger partial charge is 0.507 e. The number of hydrazine groups is 1. The average Bonchev–Trinajstić information content (AvgIpc) is 3.05. The number of ketones is 2. The summed E-state index contributed by atoms with van der Waals surface area (Å²) in [7, 11) is 0. The highest BCUT2D eigenvalue weighted by molar-refractivity contribution is 6.04. The minimum atomic E-state index is -0.781. The number of hydrogen-bond acceptors (Lipinski definition) is 6. The third-order valence-electron chi connectivity index (χ3n) is 8.43. The number of phenolic OH excluding ortho intramolecular Hbond substituents is 2. The van der Waals surface area contributed by atoms with Crippen molar-refractivity contribution in [1.82, 2.24) is 10.9 Å². The Morgan fingerprint density at radius 1 is 0.478 bits per heavy atom. The molecule has 0 fully saturated rings. The maximum absolute atomic E-state index is 12.6. The lowest BCUT2D eigenvalue weighted by molar-refractivity contribution is 0.0843. The number of hydrogen-bond donors (Lipinski definition) is 4. The van der Waals surface area contributed by atoms with Crippen molar-refractivity contribution in [3.05, 3.63) is 58.7 Å². The van der Waals surface area contributed by atoms with E-state index in [0.29, 0.717) is 24.0 Å². The summed E-state index contributed by atoms with van der Waals surface area (Å²) in [4.78, 5) is 50.4. The molecule has 0 aliphatic carbocycles. The SMILES string of the molecule is CCCCCCCCCCCC(=O)c1ccc(C(=O)NNC(=O)c2ccc(C(=O)CCCCCCCCCCC)cc2O)c(O)c1. The zero-order valence-corrected chi connectivity index (χ0v) is 28.1. The van der Waals surface area contributed by atoms with E-state index in [9.17, 15) is 29.4 Å². The van der Waals surface area contributed by atoms with Crippen LogP contribution in [-0.4, -0.2) is 33.6 Å². The fourth-order valence-corrected chi connectivity index (χ4v) is 5.52. The van der Waals surface area contributed by atoms with Crippen molar-refractivity contribution in [2.45, 2.75) is 142 Å². The van der Waals surface area contributed by atoms with E-state index in [1.165, 1.54) is 113 Å². The van der Waals surface area contributed by atoms with Gasteiger partial charge in [-0.3, -0.25) is 30.0 Å². The number of benzene rings is 2. The first-order valence-electron chi connectivity index (χ1n) is 17.6. The molecule has 254 valence electrons. The third-order valence-corrected chi connectivity index (χ3v) is 8.43. The van der Waals surface area contributed by atoms with Crippen molar-refractivity contribution >= 4 is 23.4 Å². The van der Waals surface area contributed by atoms with Crippen LogP contribution in [0.15, 0.2) is 36.4 Å². The standard InChI is InChI=1S/C38H56N2O6/c1-3-5-7-9-11-13-15-17-19-21-33(41)29-23-25-31(35(43)27-29)37(45)39-40-38(46)32-26-24-30(28-36(32)44)34(42)22-20-18-16-14-12-10-8-6-4-2/h23-28,43-44H,3-22H2,1-2H3,(H,39,45)(H,40,46). The summed E-state index contributed by atoms with van der Waals surface area (Å²) in [6, 6.07) is 8.19. The topological polar surface area (TPSA) is 133 Å². The molecule has 0 aliphatic rings. The quantitative estimate of drug-likeness (QED) is 0.0515. The van der Waals surface area contributed by atoms with E-state index in [4.69, 9.17) is 0 Å². The predicted octanol–water partition coefficient (Wildman–Crippen LogP) is 9.38. The summed E-state index contributed by atoms with van der Waals surface area (Å²) in [6.07, 6.45) is 21.5. The summed E-state index contributed by atoms with van der Waals surface area (Å²) in [5.74, 6) is -2.50. The van der Waals surface area contributed by atoms with Crippen LogP contribution in [0.25, 0.3) is 0 Å².